The van der Waals surface area contributed by atoms with Gasteiger partial charge in [-0.1, -0.05) is 6.92 Å². The fourth-order valence-electron chi connectivity index (χ4n) is 3.56. The molecule has 13 heteroatoms. The molecule has 3 aromatic rings. The maximum absolute atomic E-state index is 13.6. The van der Waals surface area contributed by atoms with Gasteiger partial charge >= 0.3 is 0 Å². The monoisotopic (exact) mass is 520 g/mol. The maximum atomic E-state index is 13.6. The van der Waals surface area contributed by atoms with E-state index in [-0.39, 0.29) is 25.6 Å². The smallest absolute Gasteiger partial charge is 0.223 e. The van der Waals surface area contributed by atoms with E-state index in [1.807, 2.05) is 6.92 Å². The van der Waals surface area contributed by atoms with E-state index in [0.717, 1.165) is 6.26 Å². The standard InChI is InChI=1S/C23H29FN6O5S/c1-23(12-27-36(3,31)32)13-34-21(35-14-23)20-29-18(15-4-6-16(24)7-5-15)19(30-20)17-8-9-25-22(28-17)26-10-11-33-2/h4-9,21,27H,10-14H2,1-3H3,(H,29,30)(H,25,26,28). The summed E-state index contributed by atoms with van der Waals surface area (Å²) >= 11 is 0. The number of sulfonamides is 1. The van der Waals surface area contributed by atoms with Crippen LogP contribution < -0.4 is 10.0 Å². The summed E-state index contributed by atoms with van der Waals surface area (Å²) < 4.78 is 55.9. The van der Waals surface area contributed by atoms with Gasteiger partial charge in [-0.05, 0) is 30.3 Å². The number of aromatic nitrogens is 4. The van der Waals surface area contributed by atoms with Crippen LogP contribution in [-0.2, 0) is 24.2 Å². The van der Waals surface area contributed by atoms with Crippen LogP contribution in [0.25, 0.3) is 22.6 Å². The summed E-state index contributed by atoms with van der Waals surface area (Å²) in [6.45, 7) is 3.60. The molecule has 0 bridgehead atoms. The Balaban J connectivity index is 1.60. The van der Waals surface area contributed by atoms with Gasteiger partial charge in [0.15, 0.2) is 5.82 Å². The summed E-state index contributed by atoms with van der Waals surface area (Å²) in [7, 11) is -1.72. The zero-order valence-electron chi connectivity index (χ0n) is 20.2. The average molecular weight is 521 g/mol. The van der Waals surface area contributed by atoms with Gasteiger partial charge in [-0.25, -0.2) is 32.5 Å². The lowest BCUT2D eigenvalue weighted by atomic mass is 9.92. The summed E-state index contributed by atoms with van der Waals surface area (Å²) in [5, 5.41) is 3.09. The van der Waals surface area contributed by atoms with Gasteiger partial charge in [0.05, 0.1) is 43.2 Å². The zero-order valence-corrected chi connectivity index (χ0v) is 21.1. The molecule has 3 heterocycles. The highest BCUT2D eigenvalue weighted by Crippen LogP contribution is 2.35. The van der Waals surface area contributed by atoms with Gasteiger partial charge in [0, 0.05) is 37.4 Å². The van der Waals surface area contributed by atoms with Crippen LogP contribution in [0.5, 0.6) is 0 Å². The number of halogens is 1. The number of hydrogen-bond acceptors (Lipinski definition) is 9. The van der Waals surface area contributed by atoms with Gasteiger partial charge < -0.3 is 24.5 Å². The summed E-state index contributed by atoms with van der Waals surface area (Å²) in [5.41, 5.74) is 1.85. The molecule has 2 aromatic heterocycles. The van der Waals surface area contributed by atoms with Crippen LogP contribution in [0.3, 0.4) is 0 Å². The van der Waals surface area contributed by atoms with E-state index in [9.17, 15) is 12.8 Å². The van der Waals surface area contributed by atoms with Gasteiger partial charge in [0.25, 0.3) is 0 Å². The molecule has 4 rings (SSSR count). The third-order valence-corrected chi connectivity index (χ3v) is 6.16. The van der Waals surface area contributed by atoms with Crippen molar-refractivity contribution in [1.82, 2.24) is 24.7 Å². The number of nitrogens with one attached hydrogen (secondary N) is 3. The second kappa shape index (κ2) is 11.0. The number of aromatic amines is 1. The maximum Gasteiger partial charge on any atom is 0.223 e. The second-order valence-electron chi connectivity index (χ2n) is 8.90. The van der Waals surface area contributed by atoms with E-state index in [1.54, 1.807) is 31.5 Å². The highest BCUT2D eigenvalue weighted by Gasteiger charge is 2.35. The molecule has 11 nitrogen and oxygen atoms in total. The van der Waals surface area contributed by atoms with Crippen LogP contribution >= 0.6 is 0 Å². The minimum atomic E-state index is -3.34. The Bertz CT molecular complexity index is 1280. The molecule has 0 amide bonds. The molecule has 0 radical (unpaired) electrons. The molecule has 3 N–H and O–H groups in total. The van der Waals surface area contributed by atoms with Crippen LogP contribution in [0.2, 0.25) is 0 Å². The van der Waals surface area contributed by atoms with E-state index in [4.69, 9.17) is 19.2 Å². The highest BCUT2D eigenvalue weighted by atomic mass is 32.2. The Labute approximate surface area is 208 Å². The van der Waals surface area contributed by atoms with E-state index in [0.29, 0.717) is 47.6 Å². The number of H-pyrrole nitrogens is 1. The molecule has 0 spiro atoms. The van der Waals surface area contributed by atoms with E-state index < -0.39 is 21.7 Å². The minimum Gasteiger partial charge on any atom is -0.383 e. The van der Waals surface area contributed by atoms with Crippen LogP contribution in [0.1, 0.15) is 19.0 Å². The third kappa shape index (κ3) is 6.62. The first kappa shape index (κ1) is 26.1. The molecule has 36 heavy (non-hydrogen) atoms. The molecule has 1 aromatic carbocycles. The summed E-state index contributed by atoms with van der Waals surface area (Å²) in [6, 6.07) is 7.73. The lowest BCUT2D eigenvalue weighted by molar-refractivity contribution is -0.231. The molecular weight excluding hydrogens is 491 g/mol. The normalized spacial score (nSPS) is 20.4. The van der Waals surface area contributed by atoms with Crippen molar-refractivity contribution in [3.05, 3.63) is 48.2 Å². The highest BCUT2D eigenvalue weighted by molar-refractivity contribution is 7.88. The molecule has 0 unspecified atom stereocenters. The molecular formula is C23H29FN6O5S. The minimum absolute atomic E-state index is 0.183. The summed E-state index contributed by atoms with van der Waals surface area (Å²) in [5.74, 6) is 0.476. The second-order valence-corrected chi connectivity index (χ2v) is 10.7. The van der Waals surface area contributed by atoms with E-state index in [1.165, 1.54) is 12.1 Å². The van der Waals surface area contributed by atoms with Crippen LogP contribution in [0, 0.1) is 11.2 Å². The zero-order chi connectivity index (χ0) is 25.8. The SMILES string of the molecule is COCCNc1nccc(-c2[nH]c(C3OCC(C)(CNS(C)(=O)=O)CO3)nc2-c2ccc(F)cc2)n1. The van der Waals surface area contributed by atoms with Crippen molar-refractivity contribution >= 4 is 16.0 Å². The Morgan fingerprint density at radius 2 is 1.92 bits per heavy atom. The predicted molar refractivity (Wildman–Crippen MR) is 131 cm³/mol. The van der Waals surface area contributed by atoms with Crippen molar-refractivity contribution in [2.75, 3.05) is 51.6 Å². The quantitative estimate of drug-likeness (QED) is 0.344. The van der Waals surface area contributed by atoms with Gasteiger partial charge in [-0.15, -0.1) is 0 Å². The predicted octanol–water partition coefficient (Wildman–Crippen LogP) is 2.33. The topological polar surface area (TPSA) is 140 Å². The molecule has 0 atom stereocenters. The number of methoxy groups -OCH3 is 1. The van der Waals surface area contributed by atoms with Crippen molar-refractivity contribution < 1.29 is 27.0 Å². The average Bonchev–Trinajstić information content (AvgIpc) is 3.29. The van der Waals surface area contributed by atoms with Gasteiger partial charge in [-0.3, -0.25) is 0 Å². The molecule has 194 valence electrons. The molecule has 0 saturated carbocycles. The first-order valence-electron chi connectivity index (χ1n) is 11.3. The first-order chi connectivity index (χ1) is 17.2. The molecule has 0 aliphatic carbocycles. The van der Waals surface area contributed by atoms with Gasteiger partial charge in [0.2, 0.25) is 22.3 Å². The van der Waals surface area contributed by atoms with E-state index >= 15 is 0 Å². The van der Waals surface area contributed by atoms with Crippen molar-refractivity contribution in [2.24, 2.45) is 5.41 Å². The number of rotatable bonds is 10. The lowest BCUT2D eigenvalue weighted by Crippen LogP contribution is -2.45. The van der Waals surface area contributed by atoms with Crippen molar-refractivity contribution in [2.45, 2.75) is 13.2 Å². The lowest BCUT2D eigenvalue weighted by Gasteiger charge is -2.36. The number of ether oxygens (including phenoxy) is 3. The van der Waals surface area contributed by atoms with Crippen molar-refractivity contribution in [3.8, 4) is 22.6 Å². The van der Waals surface area contributed by atoms with Gasteiger partial charge in [-0.2, -0.15) is 0 Å². The Kier molecular flexibility index (Phi) is 7.95. The fraction of sp³-hybridized carbons (Fsp3) is 0.435. The molecule has 1 aliphatic heterocycles. The van der Waals surface area contributed by atoms with Gasteiger partial charge in [0.1, 0.15) is 5.82 Å². The van der Waals surface area contributed by atoms with Crippen molar-refractivity contribution in [3.63, 3.8) is 0 Å². The van der Waals surface area contributed by atoms with Crippen LogP contribution in [0.4, 0.5) is 10.3 Å². The number of nitrogens with zero attached hydrogens (tertiary/aromatic N) is 3. The Hall–Kier alpha value is -2.97. The largest absolute Gasteiger partial charge is 0.383 e. The summed E-state index contributed by atoms with van der Waals surface area (Å²) in [6.07, 6.45) is 1.93. The number of hydrogen-bond donors (Lipinski definition) is 3. The Morgan fingerprint density at radius 1 is 1.19 bits per heavy atom. The van der Waals surface area contributed by atoms with Crippen molar-refractivity contribution in [1.29, 1.82) is 0 Å². The number of imidazole rings is 1. The van der Waals surface area contributed by atoms with Crippen LogP contribution in [-0.4, -0.2) is 74.6 Å². The first-order valence-corrected chi connectivity index (χ1v) is 13.1. The fourth-order valence-corrected chi connectivity index (χ4v) is 4.17. The molecule has 1 saturated heterocycles. The summed E-state index contributed by atoms with van der Waals surface area (Å²) in [4.78, 5) is 16.8. The third-order valence-electron chi connectivity index (χ3n) is 5.49. The van der Waals surface area contributed by atoms with E-state index in [2.05, 4.69) is 25.0 Å². The molecule has 1 aliphatic rings. The van der Waals surface area contributed by atoms with Crippen LogP contribution in [0.15, 0.2) is 36.5 Å². The number of benzene rings is 1. The Morgan fingerprint density at radius 3 is 2.58 bits per heavy atom. The molecule has 1 fully saturated rings. The number of anilines is 1.